The number of aromatic nitrogens is 2. The third-order valence-corrected chi connectivity index (χ3v) is 2.78. The zero-order chi connectivity index (χ0) is 14.7. The number of nitrogens with zero attached hydrogens (tertiary/aromatic N) is 3. The molecule has 0 atom stereocenters. The highest BCUT2D eigenvalue weighted by molar-refractivity contribution is 6.28. The van der Waals surface area contributed by atoms with Gasteiger partial charge in [0.1, 0.15) is 17.7 Å². The van der Waals surface area contributed by atoms with Crippen LogP contribution in [-0.2, 0) is 0 Å². The van der Waals surface area contributed by atoms with Crippen LogP contribution in [0.4, 0.5) is 5.69 Å². The van der Waals surface area contributed by atoms with Crippen LogP contribution in [0.3, 0.4) is 0 Å². The number of hydrogen-bond donors (Lipinski definition) is 0. The maximum absolute atomic E-state index is 11.1. The van der Waals surface area contributed by atoms with E-state index in [0.29, 0.717) is 17.1 Å². The van der Waals surface area contributed by atoms with Crippen molar-refractivity contribution in [2.45, 2.75) is 0 Å². The van der Waals surface area contributed by atoms with Gasteiger partial charge in [-0.05, 0) is 23.7 Å². The maximum Gasteiger partial charge on any atom is 0.314 e. The van der Waals surface area contributed by atoms with Crippen molar-refractivity contribution in [1.29, 1.82) is 0 Å². The van der Waals surface area contributed by atoms with E-state index in [4.69, 9.17) is 21.1 Å². The zero-order valence-corrected chi connectivity index (χ0v) is 11.4. The van der Waals surface area contributed by atoms with Crippen LogP contribution < -0.4 is 9.47 Å². The number of ether oxygens (including phenoxy) is 2. The number of methoxy groups -OCH3 is 2. The van der Waals surface area contributed by atoms with E-state index < -0.39 is 4.92 Å². The summed E-state index contributed by atoms with van der Waals surface area (Å²) in [5.74, 6) is 0.782. The molecule has 104 valence electrons. The summed E-state index contributed by atoms with van der Waals surface area (Å²) >= 11 is 5.74. The van der Waals surface area contributed by atoms with E-state index in [0.717, 1.165) is 6.20 Å². The van der Waals surface area contributed by atoms with Gasteiger partial charge in [-0.1, -0.05) is 6.07 Å². The lowest BCUT2D eigenvalue weighted by Crippen LogP contribution is -2.00. The lowest BCUT2D eigenvalue weighted by molar-refractivity contribution is -0.384. The van der Waals surface area contributed by atoms with Crippen LogP contribution >= 0.6 is 11.6 Å². The highest BCUT2D eigenvalue weighted by Gasteiger charge is 2.24. The van der Waals surface area contributed by atoms with Gasteiger partial charge in [0.25, 0.3) is 0 Å². The van der Waals surface area contributed by atoms with E-state index in [1.165, 1.54) is 14.2 Å². The minimum atomic E-state index is -0.586. The third-order valence-electron chi connectivity index (χ3n) is 2.60. The Balaban J connectivity index is 2.79. The number of rotatable bonds is 4. The number of hydrogen-bond acceptors (Lipinski definition) is 6. The molecule has 1 aromatic carbocycles. The lowest BCUT2D eigenvalue weighted by Gasteiger charge is -2.12. The Morgan fingerprint density at radius 3 is 2.35 bits per heavy atom. The van der Waals surface area contributed by atoms with Gasteiger partial charge < -0.3 is 9.47 Å². The van der Waals surface area contributed by atoms with E-state index in [-0.39, 0.29) is 16.7 Å². The van der Waals surface area contributed by atoms with Crippen LogP contribution in [0.2, 0.25) is 5.28 Å². The highest BCUT2D eigenvalue weighted by Crippen LogP contribution is 2.41. The standard InChI is InChI=1S/C12H10ClN3O4/c1-19-8-4-3-5-9(20-2)10(8)11-7(16(17)18)6-14-12(13)15-11/h3-6H,1-2H3. The van der Waals surface area contributed by atoms with Crippen LogP contribution in [0.5, 0.6) is 11.5 Å². The second-order valence-electron chi connectivity index (χ2n) is 3.67. The molecule has 1 aromatic heterocycles. The van der Waals surface area contributed by atoms with E-state index in [1.807, 2.05) is 0 Å². The molecule has 0 radical (unpaired) electrons. The van der Waals surface area contributed by atoms with Gasteiger partial charge in [-0.25, -0.2) is 9.97 Å². The van der Waals surface area contributed by atoms with Crippen LogP contribution in [0.1, 0.15) is 0 Å². The average Bonchev–Trinajstić information content (AvgIpc) is 2.45. The van der Waals surface area contributed by atoms with Gasteiger partial charge in [0.15, 0.2) is 5.69 Å². The summed E-state index contributed by atoms with van der Waals surface area (Å²) in [6, 6.07) is 5.00. The minimum Gasteiger partial charge on any atom is -0.496 e. The summed E-state index contributed by atoms with van der Waals surface area (Å²) in [5, 5.41) is 11.0. The van der Waals surface area contributed by atoms with Gasteiger partial charge in [0, 0.05) is 0 Å². The molecule has 0 bridgehead atoms. The Labute approximate surface area is 119 Å². The first-order valence-corrected chi connectivity index (χ1v) is 5.84. The molecular weight excluding hydrogens is 286 g/mol. The summed E-state index contributed by atoms with van der Waals surface area (Å²) in [7, 11) is 2.90. The number of halogens is 1. The van der Waals surface area contributed by atoms with E-state index in [1.54, 1.807) is 18.2 Å². The molecule has 0 spiro atoms. The molecule has 0 saturated carbocycles. The summed E-state index contributed by atoms with van der Waals surface area (Å²) in [4.78, 5) is 18.1. The Morgan fingerprint density at radius 2 is 1.85 bits per heavy atom. The summed E-state index contributed by atoms with van der Waals surface area (Å²) in [6.45, 7) is 0. The van der Waals surface area contributed by atoms with Crippen molar-refractivity contribution < 1.29 is 14.4 Å². The van der Waals surface area contributed by atoms with Gasteiger partial charge in [-0.15, -0.1) is 0 Å². The van der Waals surface area contributed by atoms with Crippen molar-refractivity contribution in [3.05, 3.63) is 39.8 Å². The Morgan fingerprint density at radius 1 is 1.25 bits per heavy atom. The fourth-order valence-electron chi connectivity index (χ4n) is 1.76. The van der Waals surface area contributed by atoms with Crippen molar-refractivity contribution in [2.24, 2.45) is 0 Å². The Hall–Kier alpha value is -2.41. The molecule has 7 nitrogen and oxygen atoms in total. The minimum absolute atomic E-state index is 0.0456. The first-order valence-electron chi connectivity index (χ1n) is 5.46. The molecule has 0 aliphatic carbocycles. The van der Waals surface area contributed by atoms with Crippen LogP contribution in [-0.4, -0.2) is 29.1 Å². The van der Waals surface area contributed by atoms with Crippen molar-refractivity contribution >= 4 is 17.3 Å². The normalized spacial score (nSPS) is 10.2. The Kier molecular flexibility index (Phi) is 3.99. The summed E-state index contributed by atoms with van der Waals surface area (Å²) in [6.07, 6.45) is 1.05. The van der Waals surface area contributed by atoms with Gasteiger partial charge in [-0.2, -0.15) is 0 Å². The molecule has 0 aliphatic rings. The van der Waals surface area contributed by atoms with Crippen molar-refractivity contribution in [3.63, 3.8) is 0 Å². The SMILES string of the molecule is COc1cccc(OC)c1-c1nc(Cl)ncc1[N+](=O)[O-]. The molecular formula is C12H10ClN3O4. The second-order valence-corrected chi connectivity index (χ2v) is 4.01. The van der Waals surface area contributed by atoms with Crippen LogP contribution in [0.25, 0.3) is 11.3 Å². The van der Waals surface area contributed by atoms with Gasteiger partial charge >= 0.3 is 5.69 Å². The van der Waals surface area contributed by atoms with Crippen LogP contribution in [0.15, 0.2) is 24.4 Å². The van der Waals surface area contributed by atoms with Gasteiger partial charge in [0.05, 0.1) is 24.7 Å². The molecule has 0 fully saturated rings. The maximum atomic E-state index is 11.1. The smallest absolute Gasteiger partial charge is 0.314 e. The topological polar surface area (TPSA) is 87.4 Å². The molecule has 8 heteroatoms. The quantitative estimate of drug-likeness (QED) is 0.489. The molecule has 0 amide bonds. The number of benzene rings is 1. The third kappa shape index (κ3) is 2.48. The van der Waals surface area contributed by atoms with E-state index in [2.05, 4.69) is 9.97 Å². The predicted molar refractivity (Wildman–Crippen MR) is 72.2 cm³/mol. The molecule has 20 heavy (non-hydrogen) atoms. The predicted octanol–water partition coefficient (Wildman–Crippen LogP) is 2.72. The highest BCUT2D eigenvalue weighted by atomic mass is 35.5. The summed E-state index contributed by atoms with van der Waals surface area (Å²) in [5.41, 5.74) is 0.120. The lowest BCUT2D eigenvalue weighted by atomic mass is 10.1. The van der Waals surface area contributed by atoms with Crippen molar-refractivity contribution in [3.8, 4) is 22.8 Å². The monoisotopic (exact) mass is 295 g/mol. The zero-order valence-electron chi connectivity index (χ0n) is 10.7. The van der Waals surface area contributed by atoms with Crippen LogP contribution in [0, 0.1) is 10.1 Å². The van der Waals surface area contributed by atoms with Gasteiger partial charge in [-0.3, -0.25) is 10.1 Å². The fraction of sp³-hybridized carbons (Fsp3) is 0.167. The van der Waals surface area contributed by atoms with E-state index in [9.17, 15) is 10.1 Å². The van der Waals surface area contributed by atoms with Gasteiger partial charge in [0.2, 0.25) is 5.28 Å². The second kappa shape index (κ2) is 5.70. The van der Waals surface area contributed by atoms with E-state index >= 15 is 0 Å². The van der Waals surface area contributed by atoms with Crippen molar-refractivity contribution in [2.75, 3.05) is 14.2 Å². The fourth-order valence-corrected chi connectivity index (χ4v) is 1.89. The molecule has 0 unspecified atom stereocenters. The summed E-state index contributed by atoms with van der Waals surface area (Å²) < 4.78 is 10.4. The average molecular weight is 296 g/mol. The largest absolute Gasteiger partial charge is 0.496 e. The molecule has 0 N–H and O–H groups in total. The molecule has 0 saturated heterocycles. The molecule has 2 rings (SSSR count). The molecule has 2 aromatic rings. The molecule has 0 aliphatic heterocycles. The first-order chi connectivity index (χ1) is 9.58. The molecule has 1 heterocycles. The van der Waals surface area contributed by atoms with Crippen molar-refractivity contribution in [1.82, 2.24) is 9.97 Å². The Bertz CT molecular complexity index is 641. The number of nitro groups is 1. The first kappa shape index (κ1) is 14.0.